The van der Waals surface area contributed by atoms with Crippen molar-refractivity contribution in [1.29, 1.82) is 0 Å². The molecule has 2 fully saturated rings. The Kier molecular flexibility index (Phi) is 4.29. The summed E-state index contributed by atoms with van der Waals surface area (Å²) in [6.07, 6.45) is 2.43. The van der Waals surface area contributed by atoms with Gasteiger partial charge in [0.2, 0.25) is 0 Å². The number of likely N-dealkylation sites (tertiary alicyclic amines) is 2. The zero-order chi connectivity index (χ0) is 14.0. The van der Waals surface area contributed by atoms with Gasteiger partial charge in [0.15, 0.2) is 0 Å². The van der Waals surface area contributed by atoms with Crippen LogP contribution in [0.4, 0.5) is 4.79 Å². The maximum Gasteiger partial charge on any atom is 0.326 e. The summed E-state index contributed by atoms with van der Waals surface area (Å²) >= 11 is 0. The Hall–Kier alpha value is -1.30. The zero-order valence-electron chi connectivity index (χ0n) is 11.3. The van der Waals surface area contributed by atoms with Crippen LogP contribution in [-0.4, -0.2) is 63.8 Å². The van der Waals surface area contributed by atoms with Crippen LogP contribution in [0, 0.1) is 5.92 Å². The van der Waals surface area contributed by atoms with Crippen molar-refractivity contribution in [2.75, 3.05) is 19.6 Å². The molecule has 0 saturated carbocycles. The molecule has 6 heteroatoms. The number of hydrogen-bond donors (Lipinski definition) is 2. The third-order valence-corrected chi connectivity index (χ3v) is 4.10. The minimum absolute atomic E-state index is 0.127. The van der Waals surface area contributed by atoms with Crippen LogP contribution in [0.25, 0.3) is 0 Å². The van der Waals surface area contributed by atoms with Gasteiger partial charge in [-0.25, -0.2) is 9.59 Å². The molecule has 108 valence electrons. The SMILES string of the molecule is CC1CCCN(C(=O)N2CC(O)C[C@H]2C(=O)O)CC1. The second kappa shape index (κ2) is 5.77. The molecule has 0 radical (unpaired) electrons. The largest absolute Gasteiger partial charge is 0.480 e. The molecule has 0 aromatic carbocycles. The first-order valence-electron chi connectivity index (χ1n) is 6.95. The molecule has 0 aromatic rings. The van der Waals surface area contributed by atoms with Crippen molar-refractivity contribution in [2.24, 2.45) is 5.92 Å². The molecule has 0 aromatic heterocycles. The molecule has 2 aliphatic heterocycles. The molecule has 2 unspecified atom stereocenters. The number of carboxylic acid groups (broad SMARTS) is 1. The van der Waals surface area contributed by atoms with Crippen LogP contribution in [0.3, 0.4) is 0 Å². The quantitative estimate of drug-likeness (QED) is 0.736. The lowest BCUT2D eigenvalue weighted by atomic mass is 10.0. The van der Waals surface area contributed by atoms with Crippen LogP contribution in [0.1, 0.15) is 32.6 Å². The Morgan fingerprint density at radius 2 is 1.95 bits per heavy atom. The van der Waals surface area contributed by atoms with Crippen molar-refractivity contribution in [2.45, 2.75) is 44.8 Å². The highest BCUT2D eigenvalue weighted by Crippen LogP contribution is 2.23. The highest BCUT2D eigenvalue weighted by molar-refractivity contribution is 5.83. The van der Waals surface area contributed by atoms with Gasteiger partial charge in [0.25, 0.3) is 0 Å². The first-order chi connectivity index (χ1) is 8.99. The lowest BCUT2D eigenvalue weighted by molar-refractivity contribution is -0.141. The van der Waals surface area contributed by atoms with Crippen molar-refractivity contribution in [3.63, 3.8) is 0 Å². The van der Waals surface area contributed by atoms with E-state index in [1.165, 1.54) is 4.90 Å². The molecule has 19 heavy (non-hydrogen) atoms. The monoisotopic (exact) mass is 270 g/mol. The van der Waals surface area contributed by atoms with Gasteiger partial charge in [-0.1, -0.05) is 6.92 Å². The van der Waals surface area contributed by atoms with Crippen LogP contribution in [0.5, 0.6) is 0 Å². The Labute approximate surface area is 113 Å². The van der Waals surface area contributed by atoms with Crippen molar-refractivity contribution in [3.8, 4) is 0 Å². The average Bonchev–Trinajstić information content (AvgIpc) is 2.61. The number of urea groups is 1. The molecule has 2 N–H and O–H groups in total. The van der Waals surface area contributed by atoms with E-state index in [4.69, 9.17) is 5.11 Å². The summed E-state index contributed by atoms with van der Waals surface area (Å²) in [4.78, 5) is 26.6. The number of rotatable bonds is 1. The summed E-state index contributed by atoms with van der Waals surface area (Å²) in [6, 6.07) is -1.12. The molecule has 6 nitrogen and oxygen atoms in total. The number of aliphatic hydroxyl groups is 1. The number of hydrogen-bond acceptors (Lipinski definition) is 3. The van der Waals surface area contributed by atoms with Crippen LogP contribution >= 0.6 is 0 Å². The van der Waals surface area contributed by atoms with Gasteiger partial charge in [-0.3, -0.25) is 0 Å². The predicted octanol–water partition coefficient (Wildman–Crippen LogP) is 0.748. The molecule has 2 rings (SSSR count). The second-order valence-electron chi connectivity index (χ2n) is 5.70. The van der Waals surface area contributed by atoms with Gasteiger partial charge in [-0.05, 0) is 25.2 Å². The zero-order valence-corrected chi connectivity index (χ0v) is 11.3. The molecule has 2 aliphatic rings. The maximum absolute atomic E-state index is 12.4. The lowest BCUT2D eigenvalue weighted by Crippen LogP contribution is -2.48. The standard InChI is InChI=1S/C13H22N2O4/c1-9-3-2-5-14(6-4-9)13(19)15-8-10(16)7-11(15)12(17)18/h9-11,16H,2-8H2,1H3,(H,17,18)/t9?,10?,11-/m0/s1. The molecule has 0 aliphatic carbocycles. The van der Waals surface area contributed by atoms with Crippen LogP contribution < -0.4 is 0 Å². The molecule has 3 atom stereocenters. The van der Waals surface area contributed by atoms with Crippen molar-refractivity contribution in [1.82, 2.24) is 9.80 Å². The second-order valence-corrected chi connectivity index (χ2v) is 5.70. The van der Waals surface area contributed by atoms with E-state index in [1.807, 2.05) is 0 Å². The summed E-state index contributed by atoms with van der Waals surface area (Å²) < 4.78 is 0. The van der Waals surface area contributed by atoms with Gasteiger partial charge < -0.3 is 20.0 Å². The number of carboxylic acids is 1. The third kappa shape index (κ3) is 3.18. The average molecular weight is 270 g/mol. The Morgan fingerprint density at radius 3 is 2.63 bits per heavy atom. The van der Waals surface area contributed by atoms with Gasteiger partial charge in [-0.2, -0.15) is 0 Å². The predicted molar refractivity (Wildman–Crippen MR) is 68.7 cm³/mol. The van der Waals surface area contributed by atoms with Crippen LogP contribution in [0.2, 0.25) is 0 Å². The number of aliphatic hydroxyl groups excluding tert-OH is 1. The van der Waals surface area contributed by atoms with E-state index < -0.39 is 18.1 Å². The number of β-amino-alcohol motifs (C(OH)–C–C–N with tert-alkyl or cyclic N) is 1. The van der Waals surface area contributed by atoms with E-state index in [0.29, 0.717) is 19.0 Å². The summed E-state index contributed by atoms with van der Waals surface area (Å²) in [5.41, 5.74) is 0. The van der Waals surface area contributed by atoms with Gasteiger partial charge in [0, 0.05) is 26.1 Å². The fourth-order valence-electron chi connectivity index (χ4n) is 2.90. The van der Waals surface area contributed by atoms with Crippen molar-refractivity contribution in [3.05, 3.63) is 0 Å². The Bertz CT molecular complexity index is 361. The highest BCUT2D eigenvalue weighted by Gasteiger charge is 2.40. The van der Waals surface area contributed by atoms with Crippen molar-refractivity contribution < 1.29 is 19.8 Å². The van der Waals surface area contributed by atoms with Crippen LogP contribution in [-0.2, 0) is 4.79 Å². The fraction of sp³-hybridized carbons (Fsp3) is 0.846. The number of aliphatic carboxylic acids is 1. The van der Waals surface area contributed by atoms with E-state index in [0.717, 1.165) is 19.3 Å². The van der Waals surface area contributed by atoms with E-state index in [9.17, 15) is 14.7 Å². The van der Waals surface area contributed by atoms with Gasteiger partial charge in [-0.15, -0.1) is 0 Å². The summed E-state index contributed by atoms with van der Waals surface area (Å²) in [7, 11) is 0. The minimum Gasteiger partial charge on any atom is -0.480 e. The molecular formula is C13H22N2O4. The van der Waals surface area contributed by atoms with Gasteiger partial charge in [0.05, 0.1) is 6.10 Å². The molecule has 2 heterocycles. The fourth-order valence-corrected chi connectivity index (χ4v) is 2.90. The minimum atomic E-state index is -1.03. The summed E-state index contributed by atoms with van der Waals surface area (Å²) in [5, 5.41) is 18.7. The van der Waals surface area contributed by atoms with E-state index >= 15 is 0 Å². The summed E-state index contributed by atoms with van der Waals surface area (Å²) in [5.74, 6) is -0.426. The van der Waals surface area contributed by atoms with E-state index in [1.54, 1.807) is 4.90 Å². The first-order valence-corrected chi connectivity index (χ1v) is 6.95. The molecule has 0 bridgehead atoms. The number of carbonyl (C=O) groups excluding carboxylic acids is 1. The van der Waals surface area contributed by atoms with Gasteiger partial charge in [0.1, 0.15) is 6.04 Å². The third-order valence-electron chi connectivity index (χ3n) is 4.10. The van der Waals surface area contributed by atoms with Gasteiger partial charge >= 0.3 is 12.0 Å². The number of nitrogens with zero attached hydrogens (tertiary/aromatic N) is 2. The smallest absolute Gasteiger partial charge is 0.326 e. The molecule has 2 amide bonds. The van der Waals surface area contributed by atoms with Crippen LogP contribution in [0.15, 0.2) is 0 Å². The molecule has 0 spiro atoms. The Balaban J connectivity index is 2.03. The van der Waals surface area contributed by atoms with E-state index in [2.05, 4.69) is 6.92 Å². The van der Waals surface area contributed by atoms with Crippen molar-refractivity contribution >= 4 is 12.0 Å². The number of carbonyl (C=O) groups is 2. The maximum atomic E-state index is 12.4. The number of amides is 2. The Morgan fingerprint density at radius 1 is 1.21 bits per heavy atom. The molecule has 2 saturated heterocycles. The highest BCUT2D eigenvalue weighted by atomic mass is 16.4. The summed E-state index contributed by atoms with van der Waals surface area (Å²) in [6.45, 7) is 3.66. The normalized spacial score (nSPS) is 32.2. The first kappa shape index (κ1) is 14.1. The lowest BCUT2D eigenvalue weighted by Gasteiger charge is -2.29. The molecular weight excluding hydrogens is 248 g/mol. The van der Waals surface area contributed by atoms with E-state index in [-0.39, 0.29) is 19.0 Å². The topological polar surface area (TPSA) is 81.1 Å².